The van der Waals surface area contributed by atoms with Crippen LogP contribution in [0.4, 0.5) is 5.69 Å². The van der Waals surface area contributed by atoms with E-state index in [0.29, 0.717) is 6.04 Å². The molecule has 1 fully saturated rings. The molecule has 0 spiro atoms. The standard InChI is InChI=1S/C22H34N6.HI/c1-19(27-13-15-28(16-14-27)20-9-6-5-7-10-20)17-24-22(23-2)26(4)18-21-11-8-12-25(21)3;/h5-12,19H,13-18H2,1-4H3,(H,23,24);1H. The van der Waals surface area contributed by atoms with Crippen molar-refractivity contribution in [3.05, 3.63) is 54.4 Å². The zero-order chi connectivity index (χ0) is 19.9. The van der Waals surface area contributed by atoms with E-state index in [2.05, 4.69) is 99.3 Å². The summed E-state index contributed by atoms with van der Waals surface area (Å²) in [7, 11) is 6.02. The summed E-state index contributed by atoms with van der Waals surface area (Å²) in [6.45, 7) is 8.39. The van der Waals surface area contributed by atoms with E-state index >= 15 is 0 Å². The maximum Gasteiger partial charge on any atom is 0.193 e. The first-order chi connectivity index (χ1) is 13.6. The third kappa shape index (κ3) is 6.37. The van der Waals surface area contributed by atoms with Gasteiger partial charge >= 0.3 is 0 Å². The minimum Gasteiger partial charge on any atom is -0.369 e. The summed E-state index contributed by atoms with van der Waals surface area (Å²) in [5.41, 5.74) is 2.60. The smallest absolute Gasteiger partial charge is 0.193 e. The van der Waals surface area contributed by atoms with E-state index in [1.54, 1.807) is 0 Å². The van der Waals surface area contributed by atoms with Gasteiger partial charge in [0, 0.05) is 77.5 Å². The minimum absolute atomic E-state index is 0. The van der Waals surface area contributed by atoms with Crippen LogP contribution in [0.1, 0.15) is 12.6 Å². The number of guanidine groups is 1. The molecule has 1 N–H and O–H groups in total. The largest absolute Gasteiger partial charge is 0.369 e. The van der Waals surface area contributed by atoms with Gasteiger partial charge in [-0.1, -0.05) is 18.2 Å². The number of rotatable bonds is 6. The molecule has 2 aromatic rings. The zero-order valence-electron chi connectivity index (χ0n) is 18.1. The number of anilines is 1. The maximum atomic E-state index is 4.46. The lowest BCUT2D eigenvalue weighted by atomic mass is 10.2. The van der Waals surface area contributed by atoms with Crippen LogP contribution >= 0.6 is 24.0 Å². The lowest BCUT2D eigenvalue weighted by Gasteiger charge is -2.39. The van der Waals surface area contributed by atoms with E-state index in [1.165, 1.54) is 11.4 Å². The lowest BCUT2D eigenvalue weighted by molar-refractivity contribution is 0.196. The molecular weight excluding hydrogens is 475 g/mol. The summed E-state index contributed by atoms with van der Waals surface area (Å²) in [4.78, 5) is 11.7. The fraction of sp³-hybridized carbons (Fsp3) is 0.500. The number of aryl methyl sites for hydroxylation is 1. The Kier molecular flexibility index (Phi) is 9.29. The van der Waals surface area contributed by atoms with Gasteiger partial charge in [0.05, 0.1) is 6.54 Å². The van der Waals surface area contributed by atoms with E-state index in [4.69, 9.17) is 0 Å². The third-order valence-electron chi connectivity index (χ3n) is 5.64. The molecule has 0 amide bonds. The van der Waals surface area contributed by atoms with Crippen LogP contribution in [0, 0.1) is 0 Å². The second kappa shape index (κ2) is 11.4. The third-order valence-corrected chi connectivity index (χ3v) is 5.64. The van der Waals surface area contributed by atoms with Crippen LogP contribution in [0.15, 0.2) is 53.7 Å². The van der Waals surface area contributed by atoms with Crippen molar-refractivity contribution in [1.82, 2.24) is 19.7 Å². The molecule has 1 atom stereocenters. The monoisotopic (exact) mass is 510 g/mol. The number of halogens is 1. The topological polar surface area (TPSA) is 39.0 Å². The molecule has 160 valence electrons. The number of para-hydroxylation sites is 1. The molecule has 0 saturated carbocycles. The van der Waals surface area contributed by atoms with Crippen LogP contribution in [-0.4, -0.2) is 73.2 Å². The quantitative estimate of drug-likeness (QED) is 0.369. The van der Waals surface area contributed by atoms with Crippen molar-refractivity contribution in [3.63, 3.8) is 0 Å². The molecule has 1 unspecified atom stereocenters. The molecule has 3 rings (SSSR count). The minimum atomic E-state index is 0. The Morgan fingerprint density at radius 2 is 1.79 bits per heavy atom. The Bertz CT molecular complexity index is 752. The van der Waals surface area contributed by atoms with Gasteiger partial charge in [0.15, 0.2) is 5.96 Å². The number of benzene rings is 1. The summed E-state index contributed by atoms with van der Waals surface area (Å²) >= 11 is 0. The van der Waals surface area contributed by atoms with Gasteiger partial charge in [0.1, 0.15) is 0 Å². The van der Waals surface area contributed by atoms with Crippen molar-refractivity contribution >= 4 is 35.6 Å². The molecule has 0 bridgehead atoms. The van der Waals surface area contributed by atoms with Gasteiger partial charge in [-0.05, 0) is 31.2 Å². The van der Waals surface area contributed by atoms with Crippen molar-refractivity contribution in [2.75, 3.05) is 51.7 Å². The molecule has 29 heavy (non-hydrogen) atoms. The van der Waals surface area contributed by atoms with E-state index < -0.39 is 0 Å². The average molecular weight is 510 g/mol. The fourth-order valence-corrected chi connectivity index (χ4v) is 3.79. The normalized spacial score (nSPS) is 16.3. The van der Waals surface area contributed by atoms with Gasteiger partial charge in [-0.25, -0.2) is 0 Å². The summed E-state index contributed by atoms with van der Waals surface area (Å²) in [5.74, 6) is 0.941. The maximum absolute atomic E-state index is 4.46. The predicted molar refractivity (Wildman–Crippen MR) is 133 cm³/mol. The highest BCUT2D eigenvalue weighted by Crippen LogP contribution is 2.16. The van der Waals surface area contributed by atoms with Crippen molar-refractivity contribution < 1.29 is 0 Å². The molecule has 1 aliphatic heterocycles. The Balaban J connectivity index is 0.00000300. The van der Waals surface area contributed by atoms with Gasteiger partial charge in [-0.3, -0.25) is 9.89 Å². The fourth-order valence-electron chi connectivity index (χ4n) is 3.79. The van der Waals surface area contributed by atoms with Crippen LogP contribution < -0.4 is 10.2 Å². The highest BCUT2D eigenvalue weighted by Gasteiger charge is 2.21. The Hall–Kier alpha value is -1.74. The average Bonchev–Trinajstić information content (AvgIpc) is 3.13. The number of hydrogen-bond donors (Lipinski definition) is 1. The Morgan fingerprint density at radius 3 is 2.38 bits per heavy atom. The number of nitrogens with zero attached hydrogens (tertiary/aromatic N) is 5. The summed E-state index contributed by atoms with van der Waals surface area (Å²) in [6.07, 6.45) is 2.08. The van der Waals surface area contributed by atoms with E-state index in [9.17, 15) is 0 Å². The Morgan fingerprint density at radius 1 is 1.10 bits per heavy atom. The van der Waals surface area contributed by atoms with Crippen molar-refractivity contribution in [1.29, 1.82) is 0 Å². The first-order valence-electron chi connectivity index (χ1n) is 10.1. The van der Waals surface area contributed by atoms with Crippen LogP contribution in [0.25, 0.3) is 0 Å². The van der Waals surface area contributed by atoms with E-state index in [0.717, 1.165) is 45.2 Å². The first kappa shape index (κ1) is 23.5. The van der Waals surface area contributed by atoms with Gasteiger partial charge in [0.25, 0.3) is 0 Å². The van der Waals surface area contributed by atoms with Gasteiger partial charge in [-0.2, -0.15) is 0 Å². The molecule has 1 aliphatic rings. The summed E-state index contributed by atoms with van der Waals surface area (Å²) in [5, 5.41) is 3.55. The molecule has 7 heteroatoms. The molecule has 0 radical (unpaired) electrons. The number of nitrogens with one attached hydrogen (secondary N) is 1. The van der Waals surface area contributed by atoms with Crippen LogP contribution in [0.3, 0.4) is 0 Å². The second-order valence-electron chi connectivity index (χ2n) is 7.60. The van der Waals surface area contributed by atoms with Crippen LogP contribution in [-0.2, 0) is 13.6 Å². The molecule has 1 aromatic carbocycles. The highest BCUT2D eigenvalue weighted by molar-refractivity contribution is 14.0. The number of hydrogen-bond acceptors (Lipinski definition) is 3. The molecule has 1 aromatic heterocycles. The molecular formula is C22H35IN6. The molecule has 2 heterocycles. The summed E-state index contributed by atoms with van der Waals surface area (Å²) < 4.78 is 2.15. The summed E-state index contributed by atoms with van der Waals surface area (Å²) in [6, 6.07) is 15.4. The second-order valence-corrected chi connectivity index (χ2v) is 7.60. The van der Waals surface area contributed by atoms with Crippen molar-refractivity contribution in [3.8, 4) is 0 Å². The van der Waals surface area contributed by atoms with Gasteiger partial charge in [0.2, 0.25) is 0 Å². The SMILES string of the molecule is CN=C(NCC(C)N1CCN(c2ccccc2)CC1)N(C)Cc1cccn1C.I. The first-order valence-corrected chi connectivity index (χ1v) is 10.1. The van der Waals surface area contributed by atoms with Gasteiger partial charge in [-0.15, -0.1) is 24.0 Å². The predicted octanol–water partition coefficient (Wildman–Crippen LogP) is 2.86. The van der Waals surface area contributed by atoms with Crippen LogP contribution in [0.5, 0.6) is 0 Å². The van der Waals surface area contributed by atoms with Crippen molar-refractivity contribution in [2.24, 2.45) is 12.0 Å². The number of piperazine rings is 1. The molecule has 6 nitrogen and oxygen atoms in total. The number of aromatic nitrogens is 1. The van der Waals surface area contributed by atoms with E-state index in [1.807, 2.05) is 7.05 Å². The molecule has 1 saturated heterocycles. The van der Waals surface area contributed by atoms with Gasteiger partial charge < -0.3 is 19.7 Å². The highest BCUT2D eigenvalue weighted by atomic mass is 127. The van der Waals surface area contributed by atoms with E-state index in [-0.39, 0.29) is 24.0 Å². The van der Waals surface area contributed by atoms with Crippen LogP contribution in [0.2, 0.25) is 0 Å². The van der Waals surface area contributed by atoms with Crippen molar-refractivity contribution in [2.45, 2.75) is 19.5 Å². The molecule has 0 aliphatic carbocycles. The number of aliphatic imine (C=N–C) groups is 1. The zero-order valence-corrected chi connectivity index (χ0v) is 20.4. The lowest BCUT2D eigenvalue weighted by Crippen LogP contribution is -2.53. The Labute approximate surface area is 192 Å².